The molecule has 1 aliphatic heterocycles. The highest BCUT2D eigenvalue weighted by atomic mass is 35.5. The number of oxime groups is 1. The lowest BCUT2D eigenvalue weighted by atomic mass is 10.0. The van der Waals surface area contributed by atoms with Crippen LogP contribution in [0.15, 0.2) is 64.7 Å². The molecule has 32 heavy (non-hydrogen) atoms. The molecule has 0 saturated carbocycles. The Morgan fingerprint density at radius 2 is 1.91 bits per heavy atom. The SMILES string of the molecule is O=c1ccc(/C(=N/O[C@H]2CCCNC2)c2ccc(F)cc2F)cn1-c1c(Cl)cccc1Cl. The predicted octanol–water partition coefficient (Wildman–Crippen LogP) is 4.94. The van der Waals surface area contributed by atoms with Gasteiger partial charge in [0.1, 0.15) is 23.5 Å². The van der Waals surface area contributed by atoms with Gasteiger partial charge < -0.3 is 10.2 Å². The number of rotatable bonds is 5. The number of halogens is 4. The van der Waals surface area contributed by atoms with Gasteiger partial charge in [0.05, 0.1) is 15.7 Å². The Morgan fingerprint density at radius 3 is 2.59 bits per heavy atom. The summed E-state index contributed by atoms with van der Waals surface area (Å²) in [6.07, 6.45) is 2.99. The van der Waals surface area contributed by atoms with Crippen LogP contribution >= 0.6 is 23.2 Å². The first-order chi connectivity index (χ1) is 15.4. The van der Waals surface area contributed by atoms with Crippen LogP contribution in [0.25, 0.3) is 5.69 Å². The van der Waals surface area contributed by atoms with Crippen molar-refractivity contribution < 1.29 is 13.6 Å². The quantitative estimate of drug-likeness (QED) is 0.418. The van der Waals surface area contributed by atoms with E-state index in [1.165, 1.54) is 29.0 Å². The van der Waals surface area contributed by atoms with Gasteiger partial charge in [-0.1, -0.05) is 34.4 Å². The van der Waals surface area contributed by atoms with Crippen molar-refractivity contribution in [3.63, 3.8) is 0 Å². The molecule has 9 heteroatoms. The first kappa shape index (κ1) is 22.5. The van der Waals surface area contributed by atoms with E-state index in [1.807, 2.05) is 0 Å². The molecule has 3 aromatic rings. The van der Waals surface area contributed by atoms with E-state index in [0.29, 0.717) is 17.8 Å². The smallest absolute Gasteiger partial charge is 0.255 e. The number of piperidine rings is 1. The monoisotopic (exact) mass is 477 g/mol. The molecule has 0 radical (unpaired) electrons. The van der Waals surface area contributed by atoms with Gasteiger partial charge in [-0.15, -0.1) is 0 Å². The molecule has 5 nitrogen and oxygen atoms in total. The summed E-state index contributed by atoms with van der Waals surface area (Å²) < 4.78 is 29.5. The van der Waals surface area contributed by atoms with Gasteiger partial charge in [-0.3, -0.25) is 9.36 Å². The standard InChI is InChI=1S/C23H19Cl2F2N3O2/c24-18-4-1-5-19(25)23(18)30-13-14(6-9-21(30)31)22(17-8-7-15(26)11-20(17)27)29-32-16-3-2-10-28-12-16/h1,4-9,11,13,16,28H,2-3,10,12H2/b29-22-/t16-/m0/s1. The first-order valence-electron chi connectivity index (χ1n) is 10.0. The number of benzene rings is 2. The number of nitrogens with one attached hydrogen (secondary N) is 1. The fraction of sp³-hybridized carbons (Fsp3) is 0.217. The van der Waals surface area contributed by atoms with Crippen molar-refractivity contribution in [3.8, 4) is 5.69 Å². The molecule has 4 rings (SSSR count). The minimum absolute atomic E-state index is 0.0330. The molecule has 0 amide bonds. The lowest BCUT2D eigenvalue weighted by molar-refractivity contribution is 0.0421. The minimum atomic E-state index is -0.803. The Morgan fingerprint density at radius 1 is 1.12 bits per heavy atom. The van der Waals surface area contributed by atoms with E-state index < -0.39 is 11.6 Å². The maximum atomic E-state index is 14.7. The maximum absolute atomic E-state index is 14.7. The molecule has 0 aliphatic carbocycles. The van der Waals surface area contributed by atoms with E-state index in [1.54, 1.807) is 18.2 Å². The summed E-state index contributed by atoms with van der Waals surface area (Å²) in [4.78, 5) is 18.3. The van der Waals surface area contributed by atoms with Crippen molar-refractivity contribution in [2.24, 2.45) is 5.16 Å². The largest absolute Gasteiger partial charge is 0.391 e. The van der Waals surface area contributed by atoms with Gasteiger partial charge in [0.2, 0.25) is 0 Å². The summed E-state index contributed by atoms with van der Waals surface area (Å²) in [6.45, 7) is 1.50. The van der Waals surface area contributed by atoms with Crippen LogP contribution < -0.4 is 10.9 Å². The van der Waals surface area contributed by atoms with Gasteiger partial charge in [-0.25, -0.2) is 8.78 Å². The third kappa shape index (κ3) is 4.85. The van der Waals surface area contributed by atoms with Crippen molar-refractivity contribution in [3.05, 3.63) is 97.9 Å². The zero-order valence-corrected chi connectivity index (χ0v) is 18.3. The highest BCUT2D eigenvalue weighted by molar-refractivity contribution is 6.37. The average Bonchev–Trinajstić information content (AvgIpc) is 2.77. The summed E-state index contributed by atoms with van der Waals surface area (Å²) in [7, 11) is 0. The highest BCUT2D eigenvalue weighted by Gasteiger charge is 2.19. The molecule has 1 atom stereocenters. The lowest BCUT2D eigenvalue weighted by Crippen LogP contribution is -2.34. The molecule has 0 unspecified atom stereocenters. The van der Waals surface area contributed by atoms with Crippen LogP contribution in [0.5, 0.6) is 0 Å². The molecule has 1 N–H and O–H groups in total. The molecule has 2 aromatic carbocycles. The fourth-order valence-corrected chi connectivity index (χ4v) is 4.08. The van der Waals surface area contributed by atoms with E-state index in [2.05, 4.69) is 10.5 Å². The number of hydrogen-bond donors (Lipinski definition) is 1. The zero-order valence-electron chi connectivity index (χ0n) is 16.8. The Labute approximate surface area is 193 Å². The van der Waals surface area contributed by atoms with E-state index in [9.17, 15) is 13.6 Å². The molecule has 1 aromatic heterocycles. The van der Waals surface area contributed by atoms with Crippen LogP contribution in [0.1, 0.15) is 24.0 Å². The third-order valence-electron chi connectivity index (χ3n) is 5.09. The van der Waals surface area contributed by atoms with Crippen LogP contribution in [0.3, 0.4) is 0 Å². The van der Waals surface area contributed by atoms with Gasteiger partial charge in [-0.2, -0.15) is 0 Å². The minimum Gasteiger partial charge on any atom is -0.391 e. The molecule has 0 spiro atoms. The van der Waals surface area contributed by atoms with Gasteiger partial charge in [0, 0.05) is 36.0 Å². The maximum Gasteiger partial charge on any atom is 0.255 e. The lowest BCUT2D eigenvalue weighted by Gasteiger charge is -2.21. The molecule has 1 aliphatic rings. The number of hydrogen-bond acceptors (Lipinski definition) is 4. The molecule has 0 bridgehead atoms. The summed E-state index contributed by atoms with van der Waals surface area (Å²) in [5.41, 5.74) is 0.421. The number of pyridine rings is 1. The number of para-hydroxylation sites is 1. The van der Waals surface area contributed by atoms with Crippen molar-refractivity contribution >= 4 is 28.9 Å². The van der Waals surface area contributed by atoms with Gasteiger partial charge in [0.25, 0.3) is 5.56 Å². The molecule has 1 fully saturated rings. The highest BCUT2D eigenvalue weighted by Crippen LogP contribution is 2.28. The van der Waals surface area contributed by atoms with Crippen molar-refractivity contribution in [2.45, 2.75) is 18.9 Å². The molecule has 166 valence electrons. The Hall–Kier alpha value is -2.74. The normalized spacial score (nSPS) is 16.8. The Bertz CT molecular complexity index is 1200. The summed E-state index contributed by atoms with van der Waals surface area (Å²) >= 11 is 12.6. The third-order valence-corrected chi connectivity index (χ3v) is 5.70. The van der Waals surface area contributed by atoms with Gasteiger partial charge >= 0.3 is 0 Å². The van der Waals surface area contributed by atoms with E-state index >= 15 is 0 Å². The average molecular weight is 478 g/mol. The summed E-state index contributed by atoms with van der Waals surface area (Å²) in [5, 5.41) is 7.98. The number of nitrogens with zero attached hydrogens (tertiary/aromatic N) is 2. The zero-order chi connectivity index (χ0) is 22.7. The molecular formula is C23H19Cl2F2N3O2. The van der Waals surface area contributed by atoms with Crippen LogP contribution in [0.2, 0.25) is 10.0 Å². The van der Waals surface area contributed by atoms with Crippen LogP contribution in [-0.2, 0) is 4.84 Å². The second kappa shape index (κ2) is 9.81. The Balaban J connectivity index is 1.83. The van der Waals surface area contributed by atoms with Crippen molar-refractivity contribution in [1.29, 1.82) is 0 Å². The van der Waals surface area contributed by atoms with Crippen LogP contribution in [-0.4, -0.2) is 29.5 Å². The van der Waals surface area contributed by atoms with Crippen molar-refractivity contribution in [2.75, 3.05) is 13.1 Å². The van der Waals surface area contributed by atoms with Crippen LogP contribution in [0, 0.1) is 11.6 Å². The van der Waals surface area contributed by atoms with E-state index in [-0.39, 0.29) is 33.0 Å². The Kier molecular flexibility index (Phi) is 6.89. The first-order valence-corrected chi connectivity index (χ1v) is 10.8. The summed E-state index contributed by atoms with van der Waals surface area (Å²) in [6, 6.07) is 10.9. The van der Waals surface area contributed by atoms with Gasteiger partial charge in [0.15, 0.2) is 0 Å². The summed E-state index contributed by atoms with van der Waals surface area (Å²) in [5.74, 6) is -1.52. The van der Waals surface area contributed by atoms with Crippen LogP contribution in [0.4, 0.5) is 8.78 Å². The van der Waals surface area contributed by atoms with E-state index in [0.717, 1.165) is 31.5 Å². The number of aromatic nitrogens is 1. The molecule has 1 saturated heterocycles. The second-order valence-electron chi connectivity index (χ2n) is 7.33. The van der Waals surface area contributed by atoms with E-state index in [4.69, 9.17) is 28.0 Å². The second-order valence-corrected chi connectivity index (χ2v) is 8.15. The fourth-order valence-electron chi connectivity index (χ4n) is 3.50. The predicted molar refractivity (Wildman–Crippen MR) is 121 cm³/mol. The van der Waals surface area contributed by atoms with Crippen molar-refractivity contribution in [1.82, 2.24) is 9.88 Å². The molecule has 2 heterocycles. The topological polar surface area (TPSA) is 55.6 Å². The van der Waals surface area contributed by atoms with Gasteiger partial charge in [-0.05, 0) is 49.7 Å². The molecular weight excluding hydrogens is 459 g/mol.